The first-order valence-electron chi connectivity index (χ1n) is 7.78. The molecule has 1 heterocycles. The van der Waals surface area contributed by atoms with Crippen molar-refractivity contribution in [3.63, 3.8) is 0 Å². The van der Waals surface area contributed by atoms with Crippen LogP contribution in [-0.4, -0.2) is 28.1 Å². The Labute approximate surface area is 160 Å². The summed E-state index contributed by atoms with van der Waals surface area (Å²) in [5.41, 5.74) is 4.27. The number of amides is 3. The number of benzene rings is 2. The molecule has 1 aliphatic heterocycles. The Kier molecular flexibility index (Phi) is 5.15. The lowest BCUT2D eigenvalue weighted by Gasteiger charge is -2.43. The molecule has 1 fully saturated rings. The van der Waals surface area contributed by atoms with Gasteiger partial charge in [0.1, 0.15) is 11.4 Å². The molecule has 2 aromatic rings. The summed E-state index contributed by atoms with van der Waals surface area (Å²) in [7, 11) is 0. The molecule has 0 aromatic heterocycles. The van der Waals surface area contributed by atoms with Crippen LogP contribution in [0.25, 0.3) is 0 Å². The lowest BCUT2D eigenvalue weighted by atomic mass is 9.95. The van der Waals surface area contributed by atoms with Gasteiger partial charge in [0, 0.05) is 23.2 Å². The van der Waals surface area contributed by atoms with Crippen LogP contribution >= 0.6 is 23.2 Å². The van der Waals surface area contributed by atoms with Gasteiger partial charge in [-0.15, -0.1) is 11.6 Å². The summed E-state index contributed by atoms with van der Waals surface area (Å²) in [5.74, 6) is -1.03. The van der Waals surface area contributed by atoms with E-state index in [4.69, 9.17) is 23.2 Å². The monoisotopic (exact) mass is 391 g/mol. The molecule has 2 aromatic carbocycles. The van der Waals surface area contributed by atoms with E-state index in [1.165, 1.54) is 11.9 Å². The van der Waals surface area contributed by atoms with Crippen molar-refractivity contribution in [2.75, 3.05) is 5.32 Å². The van der Waals surface area contributed by atoms with E-state index in [1.807, 2.05) is 0 Å². The average molecular weight is 392 g/mol. The second-order valence-corrected chi connectivity index (χ2v) is 6.71. The number of nitrogens with zero attached hydrogens (tertiary/aromatic N) is 1. The number of hydrazine groups is 1. The number of β-lactam (4-membered cyclic amide) rings is 1. The first kappa shape index (κ1) is 18.2. The van der Waals surface area contributed by atoms with Crippen molar-refractivity contribution in [1.29, 1.82) is 0 Å². The van der Waals surface area contributed by atoms with Gasteiger partial charge in [-0.25, -0.2) is 5.01 Å². The van der Waals surface area contributed by atoms with Crippen molar-refractivity contribution >= 4 is 46.6 Å². The van der Waals surface area contributed by atoms with Gasteiger partial charge in [0.05, 0.1) is 0 Å². The smallest absolute Gasteiger partial charge is 0.269 e. The Morgan fingerprint density at radius 1 is 1.04 bits per heavy atom. The Morgan fingerprint density at radius 3 is 2.23 bits per heavy atom. The maximum absolute atomic E-state index is 12.4. The summed E-state index contributed by atoms with van der Waals surface area (Å²) in [4.78, 5) is 35.5. The third-order valence-electron chi connectivity index (χ3n) is 3.93. The molecule has 0 aliphatic carbocycles. The van der Waals surface area contributed by atoms with Gasteiger partial charge < -0.3 is 5.32 Å². The second-order valence-electron chi connectivity index (χ2n) is 5.81. The van der Waals surface area contributed by atoms with Crippen LogP contribution in [0, 0.1) is 0 Å². The highest BCUT2D eigenvalue weighted by Crippen LogP contribution is 2.37. The molecule has 1 saturated heterocycles. The highest BCUT2D eigenvalue weighted by molar-refractivity contribution is 6.33. The number of nitrogens with one attached hydrogen (secondary N) is 2. The highest BCUT2D eigenvalue weighted by Gasteiger charge is 2.48. The molecule has 1 aliphatic rings. The van der Waals surface area contributed by atoms with Gasteiger partial charge in [-0.05, 0) is 42.0 Å². The Hall–Kier alpha value is -2.57. The molecule has 6 nitrogen and oxygen atoms in total. The van der Waals surface area contributed by atoms with E-state index in [1.54, 1.807) is 48.5 Å². The molecule has 8 heteroatoms. The van der Waals surface area contributed by atoms with Gasteiger partial charge in [0.15, 0.2) is 0 Å². The van der Waals surface area contributed by atoms with Crippen LogP contribution < -0.4 is 10.7 Å². The van der Waals surface area contributed by atoms with E-state index >= 15 is 0 Å². The summed E-state index contributed by atoms with van der Waals surface area (Å²) in [5, 5.41) is 3.65. The van der Waals surface area contributed by atoms with Crippen LogP contribution in [0.2, 0.25) is 5.02 Å². The maximum atomic E-state index is 12.4. The number of hydrogen-bond donors (Lipinski definition) is 2. The van der Waals surface area contributed by atoms with E-state index in [9.17, 15) is 14.4 Å². The first-order valence-corrected chi connectivity index (χ1v) is 8.59. The van der Waals surface area contributed by atoms with Crippen molar-refractivity contribution in [2.24, 2.45) is 0 Å². The lowest BCUT2D eigenvalue weighted by Crippen LogP contribution is -2.63. The number of carbonyl (C=O) groups is 3. The largest absolute Gasteiger partial charge is 0.326 e. The molecule has 0 bridgehead atoms. The minimum atomic E-state index is -0.751. The zero-order chi connectivity index (χ0) is 18.8. The van der Waals surface area contributed by atoms with Crippen molar-refractivity contribution in [1.82, 2.24) is 10.4 Å². The second kappa shape index (κ2) is 7.35. The van der Waals surface area contributed by atoms with Gasteiger partial charge in [0.25, 0.3) is 11.8 Å². The first-order chi connectivity index (χ1) is 12.4. The predicted octanol–water partition coefficient (Wildman–Crippen LogP) is 3.13. The molecule has 0 spiro atoms. The van der Waals surface area contributed by atoms with Crippen molar-refractivity contribution in [3.05, 3.63) is 64.7 Å². The Balaban J connectivity index is 1.72. The topological polar surface area (TPSA) is 78.5 Å². The van der Waals surface area contributed by atoms with Gasteiger partial charge in [-0.3, -0.25) is 19.8 Å². The summed E-state index contributed by atoms with van der Waals surface area (Å²) < 4.78 is 0. The van der Waals surface area contributed by atoms with Crippen LogP contribution in [0.5, 0.6) is 0 Å². The molecule has 134 valence electrons. The van der Waals surface area contributed by atoms with E-state index in [2.05, 4.69) is 10.7 Å². The minimum absolute atomic E-state index is 0.202. The lowest BCUT2D eigenvalue weighted by molar-refractivity contribution is -0.149. The number of carbonyl (C=O) groups excluding carboxylic acids is 3. The number of hydrogen-bond acceptors (Lipinski definition) is 3. The van der Waals surface area contributed by atoms with E-state index < -0.39 is 17.3 Å². The molecular weight excluding hydrogens is 377 g/mol. The molecule has 2 N–H and O–H groups in total. The zero-order valence-electron chi connectivity index (χ0n) is 13.7. The molecule has 0 radical (unpaired) electrons. The van der Waals surface area contributed by atoms with Gasteiger partial charge in [0.2, 0.25) is 5.91 Å². The Bertz CT molecular complexity index is 853. The summed E-state index contributed by atoms with van der Waals surface area (Å²) in [6.07, 6.45) is 0. The van der Waals surface area contributed by atoms with Gasteiger partial charge in [-0.1, -0.05) is 23.7 Å². The SMILES string of the molecule is CC(=O)Nc1ccc(C(=O)NN2C(=O)[C@@H](Cl)[C@H]2c2ccc(Cl)cc2)cc1. The van der Waals surface area contributed by atoms with E-state index in [0.717, 1.165) is 5.56 Å². The third kappa shape index (κ3) is 3.66. The predicted molar refractivity (Wildman–Crippen MR) is 98.9 cm³/mol. The van der Waals surface area contributed by atoms with Crippen molar-refractivity contribution < 1.29 is 14.4 Å². The summed E-state index contributed by atoms with van der Waals surface area (Å²) in [6.45, 7) is 1.40. The molecule has 0 saturated carbocycles. The van der Waals surface area contributed by atoms with Crippen LogP contribution in [-0.2, 0) is 9.59 Å². The maximum Gasteiger partial charge on any atom is 0.269 e. The number of rotatable bonds is 4. The van der Waals surface area contributed by atoms with Gasteiger partial charge in [-0.2, -0.15) is 0 Å². The quantitative estimate of drug-likeness (QED) is 0.620. The standard InChI is InChI=1S/C18H15Cl2N3O3/c1-10(24)21-14-8-4-12(5-9-14)17(25)22-23-16(15(20)18(23)26)11-2-6-13(19)7-3-11/h2-9,15-16H,1H3,(H,21,24)(H,22,25)/t15-,16+/m0/s1. The Morgan fingerprint density at radius 2 is 1.65 bits per heavy atom. The summed E-state index contributed by atoms with van der Waals surface area (Å²) in [6, 6.07) is 12.8. The van der Waals surface area contributed by atoms with E-state index in [0.29, 0.717) is 16.3 Å². The molecular formula is C18H15Cl2N3O3. The summed E-state index contributed by atoms with van der Waals surface area (Å²) >= 11 is 12.0. The van der Waals surface area contributed by atoms with Gasteiger partial charge >= 0.3 is 0 Å². The molecule has 3 amide bonds. The van der Waals surface area contributed by atoms with Crippen LogP contribution in [0.15, 0.2) is 48.5 Å². The van der Waals surface area contributed by atoms with Crippen molar-refractivity contribution in [2.45, 2.75) is 18.3 Å². The van der Waals surface area contributed by atoms with Crippen LogP contribution in [0.3, 0.4) is 0 Å². The fourth-order valence-corrected chi connectivity index (χ4v) is 3.13. The molecule has 26 heavy (non-hydrogen) atoms. The fraction of sp³-hybridized carbons (Fsp3) is 0.167. The highest BCUT2D eigenvalue weighted by atomic mass is 35.5. The van der Waals surface area contributed by atoms with Crippen molar-refractivity contribution in [3.8, 4) is 0 Å². The number of anilines is 1. The third-order valence-corrected chi connectivity index (χ3v) is 4.61. The molecule has 3 rings (SSSR count). The minimum Gasteiger partial charge on any atom is -0.326 e. The molecule has 2 atom stereocenters. The normalized spacial score (nSPS) is 18.9. The van der Waals surface area contributed by atoms with Crippen LogP contribution in [0.4, 0.5) is 5.69 Å². The molecule has 0 unspecified atom stereocenters. The van der Waals surface area contributed by atoms with Crippen LogP contribution in [0.1, 0.15) is 28.9 Å². The zero-order valence-corrected chi connectivity index (χ0v) is 15.2. The average Bonchev–Trinajstić information content (AvgIpc) is 2.62. The van der Waals surface area contributed by atoms with E-state index in [-0.39, 0.29) is 11.8 Å². The fourth-order valence-electron chi connectivity index (χ4n) is 2.64. The number of halogens is 2. The number of alkyl halides is 1.